The summed E-state index contributed by atoms with van der Waals surface area (Å²) in [4.78, 5) is 12.0. The van der Waals surface area contributed by atoms with Crippen LogP contribution in [0, 0.1) is 0 Å². The Kier molecular flexibility index (Phi) is 4.87. The lowest BCUT2D eigenvalue weighted by Gasteiger charge is -2.21. The third-order valence-electron chi connectivity index (χ3n) is 4.25. The molecule has 1 aromatic rings. The third-order valence-corrected chi connectivity index (χ3v) is 4.25. The Balaban J connectivity index is 1.57. The average molecular weight is 293 g/mol. The number of anilines is 1. The SMILES string of the molecule is O=C(Nc1cc(C2CCCCCC2)[nH]n1)[C@@H]1COCCO1. The zero-order chi connectivity index (χ0) is 14.5. The molecule has 1 aromatic heterocycles. The largest absolute Gasteiger partial charge is 0.376 e. The zero-order valence-corrected chi connectivity index (χ0v) is 12.3. The van der Waals surface area contributed by atoms with Gasteiger partial charge in [-0.05, 0) is 12.8 Å². The molecular weight excluding hydrogens is 270 g/mol. The molecule has 0 bridgehead atoms. The minimum absolute atomic E-state index is 0.186. The van der Waals surface area contributed by atoms with Crippen molar-refractivity contribution in [1.29, 1.82) is 0 Å². The van der Waals surface area contributed by atoms with Gasteiger partial charge in [0.25, 0.3) is 5.91 Å². The van der Waals surface area contributed by atoms with Crippen LogP contribution in [0.25, 0.3) is 0 Å². The Morgan fingerprint density at radius 3 is 2.76 bits per heavy atom. The summed E-state index contributed by atoms with van der Waals surface area (Å²) in [5, 5.41) is 10.1. The Morgan fingerprint density at radius 1 is 1.24 bits per heavy atom. The maximum Gasteiger partial charge on any atom is 0.257 e. The number of H-pyrrole nitrogens is 1. The van der Waals surface area contributed by atoms with Crippen molar-refractivity contribution < 1.29 is 14.3 Å². The normalized spacial score (nSPS) is 24.5. The van der Waals surface area contributed by atoms with E-state index in [0.717, 1.165) is 5.69 Å². The van der Waals surface area contributed by atoms with E-state index in [1.54, 1.807) is 0 Å². The number of rotatable bonds is 3. The maximum atomic E-state index is 12.0. The van der Waals surface area contributed by atoms with E-state index in [-0.39, 0.29) is 5.91 Å². The molecule has 1 aliphatic heterocycles. The van der Waals surface area contributed by atoms with Gasteiger partial charge >= 0.3 is 0 Å². The van der Waals surface area contributed by atoms with Crippen LogP contribution >= 0.6 is 0 Å². The second kappa shape index (κ2) is 7.04. The van der Waals surface area contributed by atoms with E-state index >= 15 is 0 Å². The second-order valence-electron chi connectivity index (χ2n) is 5.82. The molecule has 1 aliphatic carbocycles. The average Bonchev–Trinajstić information content (AvgIpc) is 2.81. The van der Waals surface area contributed by atoms with E-state index in [2.05, 4.69) is 15.5 Å². The lowest BCUT2D eigenvalue weighted by molar-refractivity contribution is -0.142. The standard InChI is InChI=1S/C15H23N3O3/c19-15(13-10-20-7-8-21-13)16-14-9-12(17-18-14)11-5-3-1-2-4-6-11/h9,11,13H,1-8,10H2,(H2,16,17,18,19)/t13-/m0/s1. The van der Waals surface area contributed by atoms with Gasteiger partial charge in [0, 0.05) is 17.7 Å². The summed E-state index contributed by atoms with van der Waals surface area (Å²) in [6.45, 7) is 1.33. The number of ether oxygens (including phenoxy) is 2. The summed E-state index contributed by atoms with van der Waals surface area (Å²) in [5.41, 5.74) is 1.13. The molecule has 1 atom stereocenters. The molecule has 6 heteroatoms. The Labute approximate surface area is 124 Å². The van der Waals surface area contributed by atoms with Crippen molar-refractivity contribution in [3.05, 3.63) is 11.8 Å². The van der Waals surface area contributed by atoms with Gasteiger partial charge in [-0.2, -0.15) is 5.10 Å². The molecule has 116 valence electrons. The first kappa shape index (κ1) is 14.5. The molecule has 1 saturated carbocycles. The van der Waals surface area contributed by atoms with E-state index in [0.29, 0.717) is 31.6 Å². The highest BCUT2D eigenvalue weighted by Gasteiger charge is 2.24. The van der Waals surface area contributed by atoms with Crippen LogP contribution in [0.4, 0.5) is 5.82 Å². The Bertz CT molecular complexity index is 460. The third kappa shape index (κ3) is 3.83. The molecule has 0 unspecified atom stereocenters. The van der Waals surface area contributed by atoms with E-state index < -0.39 is 6.10 Å². The molecular formula is C15H23N3O3. The van der Waals surface area contributed by atoms with Crippen LogP contribution in [0.3, 0.4) is 0 Å². The highest BCUT2D eigenvalue weighted by atomic mass is 16.6. The monoisotopic (exact) mass is 293 g/mol. The van der Waals surface area contributed by atoms with E-state index in [1.807, 2.05) is 6.07 Å². The van der Waals surface area contributed by atoms with Gasteiger partial charge in [-0.15, -0.1) is 0 Å². The molecule has 2 aliphatic rings. The summed E-state index contributed by atoms with van der Waals surface area (Å²) < 4.78 is 10.6. The van der Waals surface area contributed by atoms with Gasteiger partial charge in [0.2, 0.25) is 0 Å². The molecule has 1 saturated heterocycles. The number of hydrogen-bond acceptors (Lipinski definition) is 4. The number of carbonyl (C=O) groups is 1. The Hall–Kier alpha value is -1.40. The van der Waals surface area contributed by atoms with Gasteiger partial charge in [0.1, 0.15) is 0 Å². The van der Waals surface area contributed by atoms with Crippen molar-refractivity contribution in [2.75, 3.05) is 25.1 Å². The summed E-state index contributed by atoms with van der Waals surface area (Å²) in [5.74, 6) is 0.932. The van der Waals surface area contributed by atoms with Gasteiger partial charge in [0.15, 0.2) is 11.9 Å². The van der Waals surface area contributed by atoms with Gasteiger partial charge in [0.05, 0.1) is 19.8 Å². The Morgan fingerprint density at radius 2 is 2.05 bits per heavy atom. The first-order chi connectivity index (χ1) is 10.3. The molecule has 21 heavy (non-hydrogen) atoms. The van der Waals surface area contributed by atoms with Gasteiger partial charge in [-0.3, -0.25) is 9.89 Å². The molecule has 6 nitrogen and oxygen atoms in total. The zero-order valence-electron chi connectivity index (χ0n) is 12.3. The number of amides is 1. The first-order valence-corrected chi connectivity index (χ1v) is 7.88. The predicted octanol–water partition coefficient (Wildman–Crippen LogP) is 2.20. The molecule has 0 radical (unpaired) electrons. The van der Waals surface area contributed by atoms with Gasteiger partial charge in [-0.25, -0.2) is 0 Å². The van der Waals surface area contributed by atoms with E-state index in [9.17, 15) is 4.79 Å². The minimum Gasteiger partial charge on any atom is -0.376 e. The highest BCUT2D eigenvalue weighted by molar-refractivity contribution is 5.93. The fourth-order valence-corrected chi connectivity index (χ4v) is 3.05. The molecule has 2 N–H and O–H groups in total. The van der Waals surface area contributed by atoms with Crippen LogP contribution in [-0.4, -0.2) is 42.0 Å². The van der Waals surface area contributed by atoms with E-state index in [4.69, 9.17) is 9.47 Å². The summed E-state index contributed by atoms with van der Waals surface area (Å²) in [6, 6.07) is 1.96. The molecule has 2 heterocycles. The van der Waals surface area contributed by atoms with Crippen LogP contribution in [0.5, 0.6) is 0 Å². The number of nitrogens with one attached hydrogen (secondary N) is 2. The lowest BCUT2D eigenvalue weighted by atomic mass is 9.97. The molecule has 0 spiro atoms. The lowest BCUT2D eigenvalue weighted by Crippen LogP contribution is -2.39. The van der Waals surface area contributed by atoms with Crippen molar-refractivity contribution in [3.8, 4) is 0 Å². The predicted molar refractivity (Wildman–Crippen MR) is 78.2 cm³/mol. The minimum atomic E-state index is -0.531. The van der Waals surface area contributed by atoms with Crippen LogP contribution < -0.4 is 5.32 Å². The van der Waals surface area contributed by atoms with Crippen molar-refractivity contribution in [2.45, 2.75) is 50.5 Å². The van der Waals surface area contributed by atoms with Crippen molar-refractivity contribution in [1.82, 2.24) is 10.2 Å². The van der Waals surface area contributed by atoms with Gasteiger partial charge in [-0.1, -0.05) is 25.7 Å². The molecule has 1 amide bonds. The molecule has 3 rings (SSSR count). The fourth-order valence-electron chi connectivity index (χ4n) is 3.05. The van der Waals surface area contributed by atoms with Gasteiger partial charge < -0.3 is 14.8 Å². The number of hydrogen-bond donors (Lipinski definition) is 2. The fraction of sp³-hybridized carbons (Fsp3) is 0.733. The molecule has 2 fully saturated rings. The number of carbonyl (C=O) groups excluding carboxylic acids is 1. The molecule has 0 aromatic carbocycles. The smallest absolute Gasteiger partial charge is 0.257 e. The first-order valence-electron chi connectivity index (χ1n) is 7.88. The second-order valence-corrected chi connectivity index (χ2v) is 5.82. The van der Waals surface area contributed by atoms with Crippen molar-refractivity contribution in [3.63, 3.8) is 0 Å². The van der Waals surface area contributed by atoms with Crippen molar-refractivity contribution in [2.24, 2.45) is 0 Å². The maximum absolute atomic E-state index is 12.0. The number of nitrogens with zero attached hydrogens (tertiary/aromatic N) is 1. The summed E-state index contributed by atoms with van der Waals surface area (Å²) >= 11 is 0. The summed E-state index contributed by atoms with van der Waals surface area (Å²) in [6.07, 6.45) is 7.08. The summed E-state index contributed by atoms with van der Waals surface area (Å²) in [7, 11) is 0. The topological polar surface area (TPSA) is 76.2 Å². The van der Waals surface area contributed by atoms with Crippen molar-refractivity contribution >= 4 is 11.7 Å². The quantitative estimate of drug-likeness (QED) is 0.838. The number of aromatic nitrogens is 2. The van der Waals surface area contributed by atoms with Crippen LogP contribution in [0.1, 0.15) is 50.1 Å². The number of aromatic amines is 1. The van der Waals surface area contributed by atoms with E-state index in [1.165, 1.54) is 38.5 Å². The van der Waals surface area contributed by atoms with Crippen LogP contribution in [0.15, 0.2) is 6.07 Å². The highest BCUT2D eigenvalue weighted by Crippen LogP contribution is 2.31. The van der Waals surface area contributed by atoms with Crippen LogP contribution in [-0.2, 0) is 14.3 Å². The van der Waals surface area contributed by atoms with Crippen LogP contribution in [0.2, 0.25) is 0 Å².